The Labute approximate surface area is 335 Å². The van der Waals surface area contributed by atoms with E-state index in [0.29, 0.717) is 23.3 Å². The van der Waals surface area contributed by atoms with E-state index in [1.165, 1.54) is 34.2 Å². The number of rotatable bonds is 6. The predicted molar refractivity (Wildman–Crippen MR) is 220 cm³/mol. The van der Waals surface area contributed by atoms with Gasteiger partial charge in [-0.2, -0.15) is 0 Å². The summed E-state index contributed by atoms with van der Waals surface area (Å²) in [6.07, 6.45) is 3.22. The van der Waals surface area contributed by atoms with Crippen molar-refractivity contribution in [1.82, 2.24) is 14.1 Å². The number of hydrogen-bond acceptors (Lipinski definition) is 3. The van der Waals surface area contributed by atoms with Crippen LogP contribution < -0.4 is 9.64 Å². The maximum absolute atomic E-state index is 6.61. The smallest absolute Gasteiger partial charge is 0.0622 e. The van der Waals surface area contributed by atoms with Gasteiger partial charge in [0, 0.05) is 11.8 Å². The van der Waals surface area contributed by atoms with Crippen LogP contribution in [0.3, 0.4) is 0 Å². The van der Waals surface area contributed by atoms with Crippen LogP contribution in [0.4, 0.5) is 11.5 Å². The van der Waals surface area contributed by atoms with E-state index in [4.69, 9.17) is 9.72 Å². The number of imidazole rings is 1. The van der Waals surface area contributed by atoms with Crippen LogP contribution >= 0.6 is 0 Å². The van der Waals surface area contributed by atoms with Crippen LogP contribution in [0, 0.1) is 28.8 Å². The summed E-state index contributed by atoms with van der Waals surface area (Å²) in [5, 5.41) is 0. The predicted octanol–water partition coefficient (Wildman–Crippen LogP) is 12.1. The molecule has 0 spiro atoms. The zero-order chi connectivity index (χ0) is 38.2. The molecule has 1 saturated carbocycles. The van der Waals surface area contributed by atoms with Gasteiger partial charge in [-0.25, -0.2) is 0 Å². The summed E-state index contributed by atoms with van der Waals surface area (Å²) in [6.45, 7) is 16.9. The summed E-state index contributed by atoms with van der Waals surface area (Å²) in [5.74, 6) is 3.49. The molecule has 0 amide bonds. The van der Waals surface area contributed by atoms with E-state index in [1.54, 1.807) is 0 Å². The molecule has 2 unspecified atom stereocenters. The summed E-state index contributed by atoms with van der Waals surface area (Å²) in [4.78, 5) is 7.33. The Hall–Kier alpha value is -4.99. The Morgan fingerprint density at radius 3 is 2.09 bits per heavy atom. The van der Waals surface area contributed by atoms with Gasteiger partial charge in [-0.1, -0.05) is 30.3 Å². The molecule has 0 N–H and O–H groups in total. The van der Waals surface area contributed by atoms with Crippen molar-refractivity contribution in [3.05, 3.63) is 154 Å². The second-order valence-corrected chi connectivity index (χ2v) is 18.3. The van der Waals surface area contributed by atoms with Crippen molar-refractivity contribution < 1.29 is 24.1 Å². The number of anilines is 2. The number of nitrogens with zero attached hydrogens (tertiary/aromatic N) is 4. The van der Waals surface area contributed by atoms with Crippen molar-refractivity contribution in [1.29, 1.82) is 0 Å². The average molecular weight is 902 g/mol. The second kappa shape index (κ2) is 13.3. The monoisotopic (exact) mass is 901 g/mol. The van der Waals surface area contributed by atoms with Crippen molar-refractivity contribution in [3.8, 4) is 34.0 Å². The number of para-hydroxylation sites is 2. The fourth-order valence-corrected chi connectivity index (χ4v) is 9.08. The van der Waals surface area contributed by atoms with E-state index in [1.807, 2.05) is 12.3 Å². The zero-order valence-corrected chi connectivity index (χ0v) is 34.8. The minimum absolute atomic E-state index is 0.00750. The molecular formula is C49H46N4OPt-2. The van der Waals surface area contributed by atoms with E-state index >= 15 is 0 Å². The first-order valence-electron chi connectivity index (χ1n) is 19.2. The number of pyridine rings is 1. The maximum atomic E-state index is 6.61. The SMILES string of the molecule is Cc1cc(N2CC3CC3c3ccc(Oc4[c-]c(-n5[c](=[Pt])n(-c6cc(C(C)(C)C)cc(C(C)(C)C)c6)c6ccccc65)ccc4)[c-]c32)ncc1-c1ccccc1. The van der Waals surface area contributed by atoms with Crippen LogP contribution in [0.2, 0.25) is 0 Å². The molecule has 2 aromatic heterocycles. The molecule has 1 fully saturated rings. The fraction of sp³-hybridized carbons (Fsp3) is 0.265. The molecule has 7 aromatic rings. The molecule has 0 radical (unpaired) electrons. The summed E-state index contributed by atoms with van der Waals surface area (Å²) >= 11 is 2.47. The molecule has 280 valence electrons. The third-order valence-electron chi connectivity index (χ3n) is 11.2. The van der Waals surface area contributed by atoms with Gasteiger partial charge >= 0.3 is 277 Å². The normalized spacial score (nSPS) is 16.6. The molecular weight excluding hydrogens is 856 g/mol. The minimum atomic E-state index is 0.00750. The third kappa shape index (κ3) is 6.61. The van der Waals surface area contributed by atoms with Gasteiger partial charge in [0.2, 0.25) is 0 Å². The fourth-order valence-electron chi connectivity index (χ4n) is 7.97. The summed E-state index contributed by atoms with van der Waals surface area (Å²) in [7, 11) is 0. The van der Waals surface area contributed by atoms with Gasteiger partial charge in [-0.05, 0) is 18.1 Å². The molecule has 1 aliphatic carbocycles. The van der Waals surface area contributed by atoms with Crippen molar-refractivity contribution >= 4 is 22.5 Å². The third-order valence-corrected chi connectivity index (χ3v) is 12.2. The van der Waals surface area contributed by atoms with E-state index < -0.39 is 0 Å². The van der Waals surface area contributed by atoms with Gasteiger partial charge in [0.1, 0.15) is 0 Å². The molecule has 55 heavy (non-hydrogen) atoms. The van der Waals surface area contributed by atoms with Crippen LogP contribution in [-0.4, -0.2) is 20.7 Å². The van der Waals surface area contributed by atoms with Crippen LogP contribution in [-0.2, 0) is 30.2 Å². The second-order valence-electron chi connectivity index (χ2n) is 17.2. The van der Waals surface area contributed by atoms with Crippen molar-refractivity contribution in [2.75, 3.05) is 11.4 Å². The molecule has 5 aromatic carbocycles. The number of ether oxygens (including phenoxy) is 1. The zero-order valence-electron chi connectivity index (χ0n) is 32.6. The molecule has 2 aliphatic rings. The van der Waals surface area contributed by atoms with Crippen LogP contribution in [0.1, 0.15) is 76.1 Å². The number of benzene rings is 5. The van der Waals surface area contributed by atoms with E-state index in [-0.39, 0.29) is 10.8 Å². The Kier molecular flexibility index (Phi) is 8.66. The summed E-state index contributed by atoms with van der Waals surface area (Å²) in [6, 6.07) is 46.1. The first-order chi connectivity index (χ1) is 26.3. The Balaban J connectivity index is 1.07. The van der Waals surface area contributed by atoms with Gasteiger partial charge in [0.05, 0.1) is 0 Å². The number of fused-ring (bicyclic) bond motifs is 4. The van der Waals surface area contributed by atoms with Gasteiger partial charge in [-0.3, -0.25) is 0 Å². The molecule has 5 nitrogen and oxygen atoms in total. The molecule has 2 atom stereocenters. The molecule has 3 heterocycles. The van der Waals surface area contributed by atoms with Crippen LogP contribution in [0.15, 0.2) is 115 Å². The minimum Gasteiger partial charge on any atom is -0.0622 e. The number of aromatic nitrogens is 3. The van der Waals surface area contributed by atoms with E-state index in [9.17, 15) is 0 Å². The van der Waals surface area contributed by atoms with Crippen molar-refractivity contribution in [2.45, 2.75) is 71.6 Å². The molecule has 9 rings (SSSR count). The van der Waals surface area contributed by atoms with E-state index in [2.05, 4.69) is 197 Å². The molecule has 0 bridgehead atoms. The Morgan fingerprint density at radius 1 is 0.727 bits per heavy atom. The van der Waals surface area contributed by atoms with Crippen molar-refractivity contribution in [3.63, 3.8) is 0 Å². The topological polar surface area (TPSA) is 35.2 Å². The van der Waals surface area contributed by atoms with Gasteiger partial charge < -0.3 is 0 Å². The summed E-state index contributed by atoms with van der Waals surface area (Å²) in [5.41, 5.74) is 12.9. The molecule has 6 heteroatoms. The quantitative estimate of drug-likeness (QED) is 0.156. The van der Waals surface area contributed by atoms with Crippen molar-refractivity contribution in [2.24, 2.45) is 5.92 Å². The van der Waals surface area contributed by atoms with Crippen LogP contribution in [0.25, 0.3) is 33.5 Å². The van der Waals surface area contributed by atoms with Gasteiger partial charge in [-0.15, -0.1) is 0 Å². The molecule has 0 saturated heterocycles. The molecule has 1 aliphatic heterocycles. The first kappa shape index (κ1) is 35.7. The standard InChI is InChI=1S/C49H46N4O.Pt/c1-32-22-47(50-29-43(32)33-14-9-8-10-15-33)51-30-34-23-42(34)41-21-20-40(28-46(41)51)54-39-17-13-16-37(27-39)52-31-53(45-19-12-11-18-44(45)52)38-25-35(48(2,3)4)24-36(26-38)49(5,6)7;/h8-22,24-26,29,34,42H,23,30H2,1-7H3;/q-2;. The number of hydrogen-bond donors (Lipinski definition) is 0. The average Bonchev–Trinajstić information content (AvgIpc) is 3.89. The van der Waals surface area contributed by atoms with Gasteiger partial charge in [0.25, 0.3) is 0 Å². The first-order valence-corrected chi connectivity index (χ1v) is 20.4. The van der Waals surface area contributed by atoms with E-state index in [0.717, 1.165) is 49.8 Å². The van der Waals surface area contributed by atoms with Gasteiger partial charge in [0.15, 0.2) is 0 Å². The van der Waals surface area contributed by atoms with Crippen LogP contribution in [0.5, 0.6) is 11.5 Å². The Bertz CT molecular complexity index is 2630. The summed E-state index contributed by atoms with van der Waals surface area (Å²) < 4.78 is 12.3. The Morgan fingerprint density at radius 2 is 1.40 bits per heavy atom. The number of aryl methyl sites for hydroxylation is 1.